The van der Waals surface area contributed by atoms with E-state index in [2.05, 4.69) is 19.2 Å². The molecule has 0 fully saturated rings. The fourth-order valence-corrected chi connectivity index (χ4v) is 2.59. The molecular weight excluding hydrogens is 271 g/mol. The van der Waals surface area contributed by atoms with E-state index in [1.54, 1.807) is 12.1 Å². The topological polar surface area (TPSA) is 12.0 Å². The maximum Gasteiger partial charge on any atom is 0.398 e. The Balaban J connectivity index is 2.72. The zero-order chi connectivity index (χ0) is 14.3. The van der Waals surface area contributed by atoms with Gasteiger partial charge < -0.3 is 5.32 Å². The van der Waals surface area contributed by atoms with Crippen LogP contribution in [-0.2, 0) is 0 Å². The van der Waals surface area contributed by atoms with Crippen LogP contribution in [-0.4, -0.2) is 18.0 Å². The third-order valence-electron chi connectivity index (χ3n) is 2.77. The van der Waals surface area contributed by atoms with Gasteiger partial charge in [-0.25, -0.2) is 0 Å². The smallest absolute Gasteiger partial charge is 0.381 e. The highest BCUT2D eigenvalue weighted by molar-refractivity contribution is 7.99. The van der Waals surface area contributed by atoms with Gasteiger partial charge in [-0.15, -0.1) is 11.8 Å². The number of nitrogens with one attached hydrogen (secondary N) is 1. The fourth-order valence-electron chi connectivity index (χ4n) is 1.82. The first-order valence-corrected chi connectivity index (χ1v) is 7.50. The number of hydrogen-bond acceptors (Lipinski definition) is 2. The summed E-state index contributed by atoms with van der Waals surface area (Å²) in [7, 11) is 0. The van der Waals surface area contributed by atoms with E-state index in [4.69, 9.17) is 0 Å². The molecule has 1 aromatic carbocycles. The van der Waals surface area contributed by atoms with Gasteiger partial charge in [0.1, 0.15) is 0 Å². The molecule has 0 saturated heterocycles. The number of para-hydroxylation sites is 1. The van der Waals surface area contributed by atoms with E-state index < -0.39 is 11.9 Å². The zero-order valence-electron chi connectivity index (χ0n) is 11.3. The molecule has 0 amide bonds. The lowest BCUT2D eigenvalue weighted by Crippen LogP contribution is -2.18. The van der Waals surface area contributed by atoms with Gasteiger partial charge in [-0.1, -0.05) is 32.4 Å². The number of rotatable bonds is 7. The first kappa shape index (κ1) is 16.2. The number of benzene rings is 1. The lowest BCUT2D eigenvalue weighted by atomic mass is 10.1. The van der Waals surface area contributed by atoms with Crippen LogP contribution in [0.2, 0.25) is 0 Å². The Morgan fingerprint density at radius 3 is 2.47 bits per heavy atom. The summed E-state index contributed by atoms with van der Waals surface area (Å²) in [5.74, 6) is -0.851. The second-order valence-corrected chi connectivity index (χ2v) is 5.46. The average Bonchev–Trinajstić information content (AvgIpc) is 2.36. The molecule has 0 aliphatic heterocycles. The standard InChI is InChI=1S/C14H20F3NS/c1-3-7-11(4-2)18-12-8-5-6-9-13(12)19-10-14(15,16)17/h5-6,8-9,11,18H,3-4,7,10H2,1-2H3. The van der Waals surface area contributed by atoms with Crippen molar-refractivity contribution in [1.82, 2.24) is 0 Å². The molecule has 0 aromatic heterocycles. The van der Waals surface area contributed by atoms with Crippen molar-refractivity contribution in [2.75, 3.05) is 11.1 Å². The van der Waals surface area contributed by atoms with Crippen molar-refractivity contribution in [2.24, 2.45) is 0 Å². The van der Waals surface area contributed by atoms with Crippen molar-refractivity contribution in [3.8, 4) is 0 Å². The van der Waals surface area contributed by atoms with Crippen LogP contribution in [0.15, 0.2) is 29.2 Å². The summed E-state index contributed by atoms with van der Waals surface area (Å²) in [6, 6.07) is 7.51. The molecule has 108 valence electrons. The van der Waals surface area contributed by atoms with Crippen LogP contribution in [0.4, 0.5) is 18.9 Å². The van der Waals surface area contributed by atoms with E-state index in [1.807, 2.05) is 12.1 Å². The molecule has 5 heteroatoms. The molecule has 0 radical (unpaired) electrons. The van der Waals surface area contributed by atoms with Gasteiger partial charge in [0.2, 0.25) is 0 Å². The van der Waals surface area contributed by atoms with Crippen molar-refractivity contribution < 1.29 is 13.2 Å². The Labute approximate surface area is 117 Å². The molecule has 19 heavy (non-hydrogen) atoms. The third kappa shape index (κ3) is 6.23. The first-order valence-electron chi connectivity index (χ1n) is 6.51. The number of hydrogen-bond donors (Lipinski definition) is 1. The molecule has 0 aliphatic rings. The second kappa shape index (κ2) is 7.68. The fraction of sp³-hybridized carbons (Fsp3) is 0.571. The summed E-state index contributed by atoms with van der Waals surface area (Å²) in [5.41, 5.74) is 0.803. The van der Waals surface area contributed by atoms with E-state index in [9.17, 15) is 13.2 Å². The maximum absolute atomic E-state index is 12.3. The molecule has 0 spiro atoms. The van der Waals surface area contributed by atoms with Crippen LogP contribution in [0.3, 0.4) is 0 Å². The minimum absolute atomic E-state index is 0.317. The van der Waals surface area contributed by atoms with Gasteiger partial charge in [-0.05, 0) is 25.0 Å². The van der Waals surface area contributed by atoms with Gasteiger partial charge >= 0.3 is 6.18 Å². The molecule has 1 unspecified atom stereocenters. The minimum atomic E-state index is -4.13. The molecule has 1 rings (SSSR count). The maximum atomic E-state index is 12.3. The quantitative estimate of drug-likeness (QED) is 0.681. The zero-order valence-corrected chi connectivity index (χ0v) is 12.1. The Morgan fingerprint density at radius 2 is 1.89 bits per heavy atom. The number of halogens is 3. The van der Waals surface area contributed by atoms with E-state index in [0.29, 0.717) is 10.9 Å². The summed E-state index contributed by atoms with van der Waals surface area (Å²) < 4.78 is 36.8. The molecule has 0 saturated carbocycles. The van der Waals surface area contributed by atoms with Gasteiger partial charge in [0.25, 0.3) is 0 Å². The SMILES string of the molecule is CCCC(CC)Nc1ccccc1SCC(F)(F)F. The second-order valence-electron chi connectivity index (χ2n) is 4.44. The Hall–Kier alpha value is -0.840. The number of anilines is 1. The van der Waals surface area contributed by atoms with Crippen LogP contribution in [0, 0.1) is 0 Å². The lowest BCUT2D eigenvalue weighted by molar-refractivity contribution is -0.105. The van der Waals surface area contributed by atoms with Crippen LogP contribution < -0.4 is 5.32 Å². The Morgan fingerprint density at radius 1 is 1.21 bits per heavy atom. The third-order valence-corrected chi connectivity index (χ3v) is 3.91. The van der Waals surface area contributed by atoms with Crippen LogP contribution >= 0.6 is 11.8 Å². The Kier molecular flexibility index (Phi) is 6.55. The van der Waals surface area contributed by atoms with Crippen LogP contribution in [0.5, 0.6) is 0 Å². The van der Waals surface area contributed by atoms with Gasteiger partial charge in [0.05, 0.1) is 5.75 Å². The predicted octanol–water partition coefficient (Wildman–Crippen LogP) is 5.33. The molecule has 1 aromatic rings. The Bertz CT molecular complexity index is 379. The molecular formula is C14H20F3NS. The normalized spacial score (nSPS) is 13.3. The summed E-state index contributed by atoms with van der Waals surface area (Å²) in [6.45, 7) is 4.19. The van der Waals surface area contributed by atoms with E-state index in [1.165, 1.54) is 0 Å². The van der Waals surface area contributed by atoms with Crippen LogP contribution in [0.25, 0.3) is 0 Å². The molecule has 0 aliphatic carbocycles. The first-order chi connectivity index (χ1) is 8.96. The van der Waals surface area contributed by atoms with Gasteiger partial charge in [0, 0.05) is 16.6 Å². The highest BCUT2D eigenvalue weighted by Crippen LogP contribution is 2.32. The summed E-state index contributed by atoms with van der Waals surface area (Å²) >= 11 is 0.837. The van der Waals surface area contributed by atoms with E-state index >= 15 is 0 Å². The van der Waals surface area contributed by atoms with Crippen molar-refractivity contribution in [2.45, 2.75) is 50.2 Å². The summed E-state index contributed by atoms with van der Waals surface area (Å²) in [6.07, 6.45) is -1.09. The monoisotopic (exact) mass is 291 g/mol. The van der Waals surface area contributed by atoms with Crippen molar-refractivity contribution >= 4 is 17.4 Å². The largest absolute Gasteiger partial charge is 0.398 e. The molecule has 1 nitrogen and oxygen atoms in total. The lowest BCUT2D eigenvalue weighted by Gasteiger charge is -2.20. The van der Waals surface area contributed by atoms with Crippen LogP contribution in [0.1, 0.15) is 33.1 Å². The highest BCUT2D eigenvalue weighted by Gasteiger charge is 2.27. The van der Waals surface area contributed by atoms with Crippen molar-refractivity contribution in [3.05, 3.63) is 24.3 Å². The molecule has 1 atom stereocenters. The van der Waals surface area contributed by atoms with Gasteiger partial charge in [-0.3, -0.25) is 0 Å². The average molecular weight is 291 g/mol. The van der Waals surface area contributed by atoms with Gasteiger partial charge in [-0.2, -0.15) is 13.2 Å². The number of thioether (sulfide) groups is 1. The molecule has 0 bridgehead atoms. The minimum Gasteiger partial charge on any atom is -0.381 e. The van der Waals surface area contributed by atoms with Crippen molar-refractivity contribution in [3.63, 3.8) is 0 Å². The summed E-state index contributed by atoms with van der Waals surface area (Å²) in [5, 5.41) is 3.35. The predicted molar refractivity (Wildman–Crippen MR) is 75.8 cm³/mol. The molecule has 0 heterocycles. The number of alkyl halides is 3. The van der Waals surface area contributed by atoms with Crippen molar-refractivity contribution in [1.29, 1.82) is 0 Å². The highest BCUT2D eigenvalue weighted by atomic mass is 32.2. The van der Waals surface area contributed by atoms with Gasteiger partial charge in [0.15, 0.2) is 0 Å². The van der Waals surface area contributed by atoms with E-state index in [0.717, 1.165) is 36.7 Å². The summed E-state index contributed by atoms with van der Waals surface area (Å²) in [4.78, 5) is 0.661. The van der Waals surface area contributed by atoms with E-state index in [-0.39, 0.29) is 0 Å². The molecule has 1 N–H and O–H groups in total.